The van der Waals surface area contributed by atoms with Crippen LogP contribution in [0.4, 0.5) is 5.69 Å². The molecule has 1 atom stereocenters. The molecule has 0 saturated carbocycles. The molecule has 0 fully saturated rings. The molecule has 7 nitrogen and oxygen atoms in total. The van der Waals surface area contributed by atoms with Crippen molar-refractivity contribution in [3.05, 3.63) is 23.8 Å². The van der Waals surface area contributed by atoms with Crippen molar-refractivity contribution < 1.29 is 18.3 Å². The van der Waals surface area contributed by atoms with Crippen LogP contribution in [0.5, 0.6) is 0 Å². The summed E-state index contributed by atoms with van der Waals surface area (Å²) in [6.45, 7) is 1.39. The first kappa shape index (κ1) is 17.8. The summed E-state index contributed by atoms with van der Waals surface area (Å²) in [4.78, 5) is 10.8. The Morgan fingerprint density at radius 2 is 2.10 bits per heavy atom. The molecule has 0 aliphatic carbocycles. The number of nitrogens with two attached hydrogens (primary N) is 2. The maximum absolute atomic E-state index is 12.2. The van der Waals surface area contributed by atoms with Crippen LogP contribution in [0.2, 0.25) is 0 Å². The van der Waals surface area contributed by atoms with Crippen LogP contribution in [0.3, 0.4) is 0 Å². The third kappa shape index (κ3) is 4.88. The number of hydrogen-bond acceptors (Lipinski definition) is 6. The predicted octanol–water partition coefficient (Wildman–Crippen LogP) is -0.240. The van der Waals surface area contributed by atoms with Gasteiger partial charge in [-0.05, 0) is 31.4 Å². The highest BCUT2D eigenvalue weighted by molar-refractivity contribution is 7.98. The van der Waals surface area contributed by atoms with E-state index in [1.54, 1.807) is 0 Å². The number of rotatable bonds is 7. The summed E-state index contributed by atoms with van der Waals surface area (Å²) in [5.74, 6) is -0.312. The van der Waals surface area contributed by atoms with Gasteiger partial charge in [0, 0.05) is 17.9 Å². The molecule has 0 saturated heterocycles. The highest BCUT2D eigenvalue weighted by Crippen LogP contribution is 2.20. The first-order chi connectivity index (χ1) is 9.59. The van der Waals surface area contributed by atoms with E-state index >= 15 is 0 Å². The Balaban J connectivity index is 2.96. The molecule has 118 valence electrons. The fraction of sp³-hybridized carbons (Fsp3) is 0.417. The standard InChI is InChI=1S/C12H19N3O4S2/c1-12(17,7-20-2)6-15-21(18,19)10-4-3-8(11(14)16)5-9(10)13/h3-5,15,17H,6-7,13H2,1-2H3,(H2,14,16). The minimum absolute atomic E-state index is 0.0803. The number of nitrogens with one attached hydrogen (secondary N) is 1. The molecule has 0 spiro atoms. The monoisotopic (exact) mass is 333 g/mol. The van der Waals surface area contributed by atoms with E-state index in [1.165, 1.54) is 36.9 Å². The van der Waals surface area contributed by atoms with Gasteiger partial charge in [0.1, 0.15) is 4.90 Å². The molecule has 1 aromatic rings. The lowest BCUT2D eigenvalue weighted by Crippen LogP contribution is -2.42. The Morgan fingerprint density at radius 1 is 1.48 bits per heavy atom. The lowest BCUT2D eigenvalue weighted by atomic mass is 10.1. The molecule has 0 heterocycles. The summed E-state index contributed by atoms with van der Waals surface area (Å²) >= 11 is 1.40. The normalized spacial score (nSPS) is 14.6. The number of primary amides is 1. The van der Waals surface area contributed by atoms with Gasteiger partial charge in [-0.15, -0.1) is 0 Å². The summed E-state index contributed by atoms with van der Waals surface area (Å²) in [7, 11) is -3.88. The van der Waals surface area contributed by atoms with Gasteiger partial charge in [-0.3, -0.25) is 4.79 Å². The fourth-order valence-electron chi connectivity index (χ4n) is 1.64. The number of anilines is 1. The van der Waals surface area contributed by atoms with E-state index in [1.807, 2.05) is 6.26 Å². The summed E-state index contributed by atoms with van der Waals surface area (Å²) in [5, 5.41) is 9.97. The molecule has 1 unspecified atom stereocenters. The van der Waals surface area contributed by atoms with Crippen LogP contribution in [0, 0.1) is 0 Å². The van der Waals surface area contributed by atoms with E-state index in [2.05, 4.69) is 4.72 Å². The molecule has 0 aliphatic rings. The number of amides is 1. The first-order valence-corrected chi connectivity index (χ1v) is 8.87. The van der Waals surface area contributed by atoms with Crippen LogP contribution in [0.25, 0.3) is 0 Å². The number of sulfonamides is 1. The van der Waals surface area contributed by atoms with Gasteiger partial charge in [-0.25, -0.2) is 13.1 Å². The lowest BCUT2D eigenvalue weighted by Gasteiger charge is -2.22. The Hall–Kier alpha value is -1.29. The summed E-state index contributed by atoms with van der Waals surface area (Å²) in [5.41, 5.74) is 9.62. The zero-order valence-electron chi connectivity index (χ0n) is 11.8. The molecule has 1 aromatic carbocycles. The predicted molar refractivity (Wildman–Crippen MR) is 83.6 cm³/mol. The van der Waals surface area contributed by atoms with Gasteiger partial charge < -0.3 is 16.6 Å². The highest BCUT2D eigenvalue weighted by Gasteiger charge is 2.25. The molecular formula is C12H19N3O4S2. The molecule has 0 aromatic heterocycles. The largest absolute Gasteiger partial charge is 0.398 e. The van der Waals surface area contributed by atoms with Crippen LogP contribution < -0.4 is 16.2 Å². The molecule has 0 bridgehead atoms. The average Bonchev–Trinajstić information content (AvgIpc) is 2.36. The van der Waals surface area contributed by atoms with Gasteiger partial charge in [-0.1, -0.05) is 0 Å². The van der Waals surface area contributed by atoms with Crippen molar-refractivity contribution in [2.75, 3.05) is 24.3 Å². The number of nitrogen functional groups attached to an aromatic ring is 1. The summed E-state index contributed by atoms with van der Waals surface area (Å²) in [6.07, 6.45) is 1.81. The zero-order valence-corrected chi connectivity index (χ0v) is 13.4. The topological polar surface area (TPSA) is 136 Å². The smallest absolute Gasteiger partial charge is 0.248 e. The van der Waals surface area contributed by atoms with Crippen LogP contribution in [-0.4, -0.2) is 43.6 Å². The van der Waals surface area contributed by atoms with E-state index in [4.69, 9.17) is 11.5 Å². The van der Waals surface area contributed by atoms with Crippen LogP contribution in [-0.2, 0) is 10.0 Å². The summed E-state index contributed by atoms with van der Waals surface area (Å²) < 4.78 is 26.6. The quantitative estimate of drug-likeness (QED) is 0.509. The van der Waals surface area contributed by atoms with Gasteiger partial charge in [0.25, 0.3) is 0 Å². The van der Waals surface area contributed by atoms with E-state index < -0.39 is 21.5 Å². The average molecular weight is 333 g/mol. The molecule has 0 radical (unpaired) electrons. The van der Waals surface area contributed by atoms with Crippen LogP contribution >= 0.6 is 11.8 Å². The van der Waals surface area contributed by atoms with Gasteiger partial charge in [0.2, 0.25) is 15.9 Å². The second kappa shape index (κ2) is 6.65. The minimum atomic E-state index is -3.88. The number of carbonyl (C=O) groups is 1. The van der Waals surface area contributed by atoms with Crippen molar-refractivity contribution in [1.82, 2.24) is 4.72 Å². The second-order valence-electron chi connectivity index (χ2n) is 4.87. The first-order valence-electron chi connectivity index (χ1n) is 5.99. The zero-order chi connectivity index (χ0) is 16.3. The Morgan fingerprint density at radius 3 is 2.57 bits per heavy atom. The SMILES string of the molecule is CSCC(C)(O)CNS(=O)(=O)c1ccc(C(N)=O)cc1N. The minimum Gasteiger partial charge on any atom is -0.398 e. The van der Waals surface area contributed by atoms with Crippen LogP contribution in [0.15, 0.2) is 23.1 Å². The number of benzene rings is 1. The Bertz CT molecular complexity index is 629. The molecule has 6 N–H and O–H groups in total. The maximum atomic E-state index is 12.2. The number of thioether (sulfide) groups is 1. The van der Waals surface area contributed by atoms with Crippen molar-refractivity contribution in [1.29, 1.82) is 0 Å². The van der Waals surface area contributed by atoms with Crippen molar-refractivity contribution in [3.63, 3.8) is 0 Å². The van der Waals surface area contributed by atoms with Crippen molar-refractivity contribution in [2.45, 2.75) is 17.4 Å². The van der Waals surface area contributed by atoms with E-state index in [9.17, 15) is 18.3 Å². The van der Waals surface area contributed by atoms with E-state index in [0.717, 1.165) is 0 Å². The third-order valence-corrected chi connectivity index (χ3v) is 5.07. The molecule has 1 rings (SSSR count). The highest BCUT2D eigenvalue weighted by atomic mass is 32.2. The van der Waals surface area contributed by atoms with Crippen molar-refractivity contribution in [3.8, 4) is 0 Å². The Labute approximate surface area is 128 Å². The molecule has 21 heavy (non-hydrogen) atoms. The molecule has 1 amide bonds. The molecule has 9 heteroatoms. The van der Waals surface area contributed by atoms with Gasteiger partial charge in [0.15, 0.2) is 0 Å². The molecule has 0 aliphatic heterocycles. The third-order valence-electron chi connectivity index (χ3n) is 2.68. The van der Waals surface area contributed by atoms with E-state index in [0.29, 0.717) is 5.75 Å². The Kier molecular flexibility index (Phi) is 5.62. The molecular weight excluding hydrogens is 314 g/mol. The fourth-order valence-corrected chi connectivity index (χ4v) is 3.63. The number of carbonyl (C=O) groups excluding carboxylic acids is 1. The maximum Gasteiger partial charge on any atom is 0.248 e. The van der Waals surface area contributed by atoms with Crippen LogP contribution in [0.1, 0.15) is 17.3 Å². The lowest BCUT2D eigenvalue weighted by molar-refractivity contribution is 0.0908. The van der Waals surface area contributed by atoms with Crippen molar-refractivity contribution in [2.24, 2.45) is 5.73 Å². The van der Waals surface area contributed by atoms with Gasteiger partial charge >= 0.3 is 0 Å². The van der Waals surface area contributed by atoms with Crippen molar-refractivity contribution >= 4 is 33.4 Å². The van der Waals surface area contributed by atoms with Gasteiger partial charge in [0.05, 0.1) is 11.3 Å². The van der Waals surface area contributed by atoms with E-state index in [-0.39, 0.29) is 22.7 Å². The summed E-state index contributed by atoms with van der Waals surface area (Å²) in [6, 6.07) is 3.70. The number of aliphatic hydroxyl groups is 1. The van der Waals surface area contributed by atoms with Gasteiger partial charge in [-0.2, -0.15) is 11.8 Å². The number of hydrogen-bond donors (Lipinski definition) is 4. The second-order valence-corrected chi connectivity index (χ2v) is 7.47.